The van der Waals surface area contributed by atoms with Crippen LogP contribution in [-0.2, 0) is 20.1 Å². The van der Waals surface area contributed by atoms with E-state index < -0.39 is 0 Å². The number of hydrogen-bond acceptors (Lipinski definition) is 4. The third kappa shape index (κ3) is 5.36. The summed E-state index contributed by atoms with van der Waals surface area (Å²) in [4.78, 5) is 13.5. The summed E-state index contributed by atoms with van der Waals surface area (Å²) in [6, 6.07) is 38.5. The van der Waals surface area contributed by atoms with Crippen LogP contribution in [-0.4, -0.2) is 19.5 Å². The molecule has 4 aromatic carbocycles. The Bertz CT molecular complexity index is 2120. The van der Waals surface area contributed by atoms with E-state index in [-0.39, 0.29) is 25.9 Å². The van der Waals surface area contributed by atoms with E-state index in [0.717, 1.165) is 49.9 Å². The summed E-state index contributed by atoms with van der Waals surface area (Å²) >= 11 is 0. The van der Waals surface area contributed by atoms with Crippen LogP contribution >= 0.6 is 0 Å². The van der Waals surface area contributed by atoms with E-state index in [9.17, 15) is 4.39 Å². The Morgan fingerprint density at radius 1 is 0.814 bits per heavy atom. The third-order valence-electron chi connectivity index (χ3n) is 7.03. The van der Waals surface area contributed by atoms with Gasteiger partial charge < -0.3 is 14.0 Å². The van der Waals surface area contributed by atoms with E-state index >= 15 is 0 Å². The van der Waals surface area contributed by atoms with Crippen molar-refractivity contribution in [1.29, 1.82) is 0 Å². The molecule has 0 unspecified atom stereocenters. The van der Waals surface area contributed by atoms with Crippen molar-refractivity contribution in [2.24, 2.45) is 0 Å². The van der Waals surface area contributed by atoms with Crippen LogP contribution in [0.3, 0.4) is 0 Å². The maximum atomic E-state index is 13.8. The molecule has 0 aliphatic heterocycles. The number of furan rings is 1. The Balaban J connectivity index is 0.000000213. The second-order valence-corrected chi connectivity index (χ2v) is 9.76. The van der Waals surface area contributed by atoms with Gasteiger partial charge in [0.1, 0.15) is 11.4 Å². The van der Waals surface area contributed by atoms with Crippen molar-refractivity contribution in [3.8, 4) is 28.3 Å². The van der Waals surface area contributed by atoms with Gasteiger partial charge in [-0.1, -0.05) is 41.3 Å². The zero-order valence-electron chi connectivity index (χ0n) is 23.0. The van der Waals surface area contributed by atoms with Crippen LogP contribution in [0.4, 0.5) is 4.39 Å². The van der Waals surface area contributed by atoms with Crippen molar-refractivity contribution in [2.75, 3.05) is 0 Å². The molecule has 0 fully saturated rings. The Kier molecular flexibility index (Phi) is 7.92. The minimum absolute atomic E-state index is 0. The molecule has 0 aliphatic rings. The average molecular weight is 739 g/mol. The molecule has 0 saturated carbocycles. The molecule has 0 saturated heterocycles. The van der Waals surface area contributed by atoms with Crippen LogP contribution in [0, 0.1) is 24.9 Å². The largest absolute Gasteiger partial charge is 0.500 e. The van der Waals surface area contributed by atoms with Crippen LogP contribution in [0.25, 0.3) is 61.3 Å². The number of nitrogens with zero attached hydrogens (tertiary/aromatic N) is 4. The van der Waals surface area contributed by atoms with Crippen molar-refractivity contribution >= 4 is 33.0 Å². The third-order valence-corrected chi connectivity index (χ3v) is 7.03. The van der Waals surface area contributed by atoms with Gasteiger partial charge in [0, 0.05) is 49.6 Å². The molecule has 8 aromatic rings. The van der Waals surface area contributed by atoms with E-state index in [4.69, 9.17) is 9.40 Å². The number of aryl methyl sites for hydroxylation is 1. The van der Waals surface area contributed by atoms with Gasteiger partial charge in [-0.2, -0.15) is 0 Å². The fraction of sp³-hybridized carbons (Fsp3) is 0.0278. The zero-order chi connectivity index (χ0) is 28.5. The summed E-state index contributed by atoms with van der Waals surface area (Å²) in [5.41, 5.74) is 7.61. The molecule has 8 rings (SSSR count). The molecule has 4 heterocycles. The number of imidazole rings is 1. The zero-order valence-corrected chi connectivity index (χ0v) is 25.4. The molecule has 211 valence electrons. The molecule has 0 atom stereocenters. The molecular formula is C36H23FIrN4O-2. The summed E-state index contributed by atoms with van der Waals surface area (Å²) < 4.78 is 21.9. The van der Waals surface area contributed by atoms with E-state index in [0.29, 0.717) is 17.0 Å². The van der Waals surface area contributed by atoms with E-state index in [1.54, 1.807) is 12.3 Å². The number of pyridine rings is 2. The van der Waals surface area contributed by atoms with Gasteiger partial charge in [0.05, 0.1) is 28.6 Å². The summed E-state index contributed by atoms with van der Waals surface area (Å²) in [5.74, 6) is 0.378. The van der Waals surface area contributed by atoms with Gasteiger partial charge in [-0.05, 0) is 48.5 Å². The molecule has 0 spiro atoms. The molecular weight excluding hydrogens is 716 g/mol. The average Bonchev–Trinajstić information content (AvgIpc) is 3.62. The first kappa shape index (κ1) is 28.2. The maximum Gasteiger partial charge on any atom is 0.126 e. The van der Waals surface area contributed by atoms with Crippen molar-refractivity contribution in [1.82, 2.24) is 19.5 Å². The summed E-state index contributed by atoms with van der Waals surface area (Å²) in [7, 11) is 0. The van der Waals surface area contributed by atoms with Crippen molar-refractivity contribution < 1.29 is 28.9 Å². The number of hydrogen-bond donors (Lipinski definition) is 0. The maximum absolute atomic E-state index is 13.8. The number of benzene rings is 4. The second kappa shape index (κ2) is 12.1. The number of halogens is 1. The molecule has 43 heavy (non-hydrogen) atoms. The second-order valence-electron chi connectivity index (χ2n) is 9.76. The number of para-hydroxylation sites is 1. The Morgan fingerprint density at radius 2 is 1.65 bits per heavy atom. The predicted molar refractivity (Wildman–Crippen MR) is 164 cm³/mol. The van der Waals surface area contributed by atoms with Crippen molar-refractivity contribution in [3.05, 3.63) is 145 Å². The van der Waals surface area contributed by atoms with E-state index in [1.807, 2.05) is 104 Å². The van der Waals surface area contributed by atoms with Crippen LogP contribution in [0.15, 0.2) is 126 Å². The molecule has 5 nitrogen and oxygen atoms in total. The van der Waals surface area contributed by atoms with Gasteiger partial charge >= 0.3 is 0 Å². The molecule has 4 aromatic heterocycles. The minimum Gasteiger partial charge on any atom is -0.500 e. The summed E-state index contributed by atoms with van der Waals surface area (Å²) in [6.07, 6.45) is 5.42. The molecule has 0 aliphatic carbocycles. The van der Waals surface area contributed by atoms with Gasteiger partial charge in [-0.3, -0.25) is 9.97 Å². The van der Waals surface area contributed by atoms with Crippen molar-refractivity contribution in [3.63, 3.8) is 0 Å². The first-order valence-electron chi connectivity index (χ1n) is 13.5. The number of fused-ring (bicyclic) bond motifs is 4. The normalized spacial score (nSPS) is 10.8. The minimum atomic E-state index is -0.328. The van der Waals surface area contributed by atoms with Crippen LogP contribution in [0.5, 0.6) is 0 Å². The summed E-state index contributed by atoms with van der Waals surface area (Å²) in [5, 5.41) is 1.77. The van der Waals surface area contributed by atoms with Crippen LogP contribution < -0.4 is 0 Å². The first-order valence-corrected chi connectivity index (χ1v) is 13.5. The monoisotopic (exact) mass is 739 g/mol. The smallest absolute Gasteiger partial charge is 0.126 e. The quantitative estimate of drug-likeness (QED) is 0.170. The van der Waals surface area contributed by atoms with E-state index in [2.05, 4.69) is 26.7 Å². The number of aromatic nitrogens is 4. The predicted octanol–water partition coefficient (Wildman–Crippen LogP) is 8.78. The SMILES string of the molecule is Cc1cncc2c1nc(-c1[c-]ccc3c1oc1cc(F)ccc13)n2-c1ccccc1.[Ir].[c-]1ccccc1-c1ccccn1. The topological polar surface area (TPSA) is 56.7 Å². The van der Waals surface area contributed by atoms with Gasteiger partial charge in [0.25, 0.3) is 0 Å². The molecule has 0 amide bonds. The summed E-state index contributed by atoms with van der Waals surface area (Å²) in [6.45, 7) is 2.00. The number of rotatable bonds is 3. The molecule has 7 heteroatoms. The van der Waals surface area contributed by atoms with Crippen molar-refractivity contribution in [2.45, 2.75) is 6.92 Å². The van der Waals surface area contributed by atoms with Crippen LogP contribution in [0.1, 0.15) is 5.56 Å². The van der Waals surface area contributed by atoms with Gasteiger partial charge in [-0.15, -0.1) is 54.1 Å². The Hall–Kier alpha value is -4.97. The van der Waals surface area contributed by atoms with Crippen LogP contribution in [0.2, 0.25) is 0 Å². The standard InChI is InChI=1S/C25H15FN3O.C11H8N.Ir/c1-15-13-27-14-21-23(15)28-25(29(21)17-6-3-2-4-7-17)20-9-5-8-19-18-11-10-16(26)12-22(18)30-24(19)20;1-2-6-10(7-3-1)11-8-4-5-9-12-11;/h2-8,10-14H,1H3;1-6,8-9H;/q2*-1;. The Labute approximate surface area is 261 Å². The fourth-order valence-corrected chi connectivity index (χ4v) is 5.09. The van der Waals surface area contributed by atoms with Gasteiger partial charge in [0.15, 0.2) is 0 Å². The van der Waals surface area contributed by atoms with E-state index in [1.165, 1.54) is 12.1 Å². The molecule has 1 radical (unpaired) electrons. The molecule has 0 bridgehead atoms. The fourth-order valence-electron chi connectivity index (χ4n) is 5.09. The Morgan fingerprint density at radius 3 is 2.44 bits per heavy atom. The molecule has 0 N–H and O–H groups in total. The first-order chi connectivity index (χ1) is 20.7. The van der Waals surface area contributed by atoms with Gasteiger partial charge in [-0.25, -0.2) is 4.39 Å². The van der Waals surface area contributed by atoms with Gasteiger partial charge in [0.2, 0.25) is 0 Å².